The number of amides is 1. The molecule has 0 bridgehead atoms. The Morgan fingerprint density at radius 1 is 1.30 bits per heavy atom. The summed E-state index contributed by atoms with van der Waals surface area (Å²) < 4.78 is 0. The van der Waals surface area contributed by atoms with Crippen LogP contribution in [0.25, 0.3) is 10.9 Å². The third kappa shape index (κ3) is 2.93. The highest BCUT2D eigenvalue weighted by Gasteiger charge is 2.27. The Labute approximate surface area is 116 Å². The molecular weight excluding hydrogens is 256 g/mol. The van der Waals surface area contributed by atoms with Crippen LogP contribution >= 0.6 is 0 Å². The fourth-order valence-corrected chi connectivity index (χ4v) is 1.70. The second-order valence-corrected chi connectivity index (χ2v) is 5.28. The zero-order chi connectivity index (χ0) is 14.8. The maximum atomic E-state index is 12.0. The number of benzene rings is 1. The summed E-state index contributed by atoms with van der Waals surface area (Å²) in [5.74, 6) is -1.23. The summed E-state index contributed by atoms with van der Waals surface area (Å²) in [6.07, 6.45) is 1.69. The molecule has 5 heteroatoms. The van der Waals surface area contributed by atoms with Gasteiger partial charge in [-0.15, -0.1) is 0 Å². The molecule has 1 aromatic heterocycles. The van der Waals surface area contributed by atoms with E-state index in [-0.39, 0.29) is 12.5 Å². The molecule has 0 spiro atoms. The van der Waals surface area contributed by atoms with Gasteiger partial charge in [0.1, 0.15) is 0 Å². The van der Waals surface area contributed by atoms with Crippen LogP contribution in [0.4, 0.5) is 0 Å². The van der Waals surface area contributed by atoms with E-state index in [0.717, 1.165) is 10.9 Å². The normalized spacial score (nSPS) is 11.3. The molecule has 0 unspecified atom stereocenters. The molecule has 2 aromatic rings. The van der Waals surface area contributed by atoms with Crippen molar-refractivity contribution < 1.29 is 14.7 Å². The molecule has 0 radical (unpaired) electrons. The Hall–Kier alpha value is -2.43. The first-order valence-electron chi connectivity index (χ1n) is 6.26. The number of carboxylic acid groups (broad SMARTS) is 1. The molecule has 20 heavy (non-hydrogen) atoms. The van der Waals surface area contributed by atoms with Crippen LogP contribution in [0.2, 0.25) is 0 Å². The molecule has 0 aliphatic heterocycles. The molecule has 0 aliphatic rings. The zero-order valence-corrected chi connectivity index (χ0v) is 11.4. The van der Waals surface area contributed by atoms with E-state index in [2.05, 4.69) is 10.3 Å². The molecule has 1 amide bonds. The van der Waals surface area contributed by atoms with Gasteiger partial charge in [0.05, 0.1) is 10.9 Å². The molecule has 104 valence electrons. The van der Waals surface area contributed by atoms with E-state index < -0.39 is 11.4 Å². The van der Waals surface area contributed by atoms with Crippen LogP contribution in [0.15, 0.2) is 36.5 Å². The van der Waals surface area contributed by atoms with Crippen molar-refractivity contribution in [1.82, 2.24) is 10.3 Å². The van der Waals surface area contributed by atoms with Crippen LogP contribution < -0.4 is 5.32 Å². The summed E-state index contributed by atoms with van der Waals surface area (Å²) in [4.78, 5) is 27.2. The fourth-order valence-electron chi connectivity index (χ4n) is 1.70. The summed E-state index contributed by atoms with van der Waals surface area (Å²) >= 11 is 0. The number of carbonyl (C=O) groups is 2. The van der Waals surface area contributed by atoms with Crippen LogP contribution in [-0.2, 0) is 4.79 Å². The number of pyridine rings is 1. The maximum Gasteiger partial charge on any atom is 0.310 e. The van der Waals surface area contributed by atoms with Crippen LogP contribution in [0.3, 0.4) is 0 Å². The van der Waals surface area contributed by atoms with Gasteiger partial charge < -0.3 is 10.4 Å². The summed E-state index contributed by atoms with van der Waals surface area (Å²) in [6.45, 7) is 3.21. The number of fused-ring (bicyclic) bond motifs is 1. The molecule has 0 saturated heterocycles. The average molecular weight is 272 g/mol. The number of nitrogens with one attached hydrogen (secondary N) is 1. The smallest absolute Gasteiger partial charge is 0.310 e. The quantitative estimate of drug-likeness (QED) is 0.893. The topological polar surface area (TPSA) is 79.3 Å². The molecule has 0 atom stereocenters. The lowest BCUT2D eigenvalue weighted by atomic mass is 9.94. The molecule has 2 rings (SSSR count). The minimum atomic E-state index is -0.992. The highest BCUT2D eigenvalue weighted by atomic mass is 16.4. The molecule has 0 aliphatic carbocycles. The Kier molecular flexibility index (Phi) is 3.70. The van der Waals surface area contributed by atoms with Crippen LogP contribution in [0.5, 0.6) is 0 Å². The fraction of sp³-hybridized carbons (Fsp3) is 0.267. The lowest BCUT2D eigenvalue weighted by molar-refractivity contribution is -0.146. The second-order valence-electron chi connectivity index (χ2n) is 5.28. The van der Waals surface area contributed by atoms with Crippen molar-refractivity contribution in [3.63, 3.8) is 0 Å². The number of hydrogen-bond acceptors (Lipinski definition) is 3. The predicted octanol–water partition coefficient (Wildman–Crippen LogP) is 2.08. The molecule has 5 nitrogen and oxygen atoms in total. The number of aliphatic carboxylic acids is 1. The van der Waals surface area contributed by atoms with Crippen LogP contribution in [0, 0.1) is 5.41 Å². The van der Waals surface area contributed by atoms with Crippen molar-refractivity contribution in [3.05, 3.63) is 42.1 Å². The van der Waals surface area contributed by atoms with Gasteiger partial charge in [-0.1, -0.05) is 6.07 Å². The van der Waals surface area contributed by atoms with Gasteiger partial charge in [0.2, 0.25) is 0 Å². The molecule has 1 aromatic carbocycles. The molecule has 0 saturated carbocycles. The van der Waals surface area contributed by atoms with Gasteiger partial charge in [0.25, 0.3) is 5.91 Å². The number of hydrogen-bond donors (Lipinski definition) is 2. The first kappa shape index (κ1) is 14.0. The van der Waals surface area contributed by atoms with Crippen molar-refractivity contribution >= 4 is 22.8 Å². The zero-order valence-electron chi connectivity index (χ0n) is 11.4. The van der Waals surface area contributed by atoms with Gasteiger partial charge in [0, 0.05) is 23.7 Å². The van der Waals surface area contributed by atoms with E-state index in [1.54, 1.807) is 44.3 Å². The van der Waals surface area contributed by atoms with Crippen molar-refractivity contribution in [3.8, 4) is 0 Å². The summed E-state index contributed by atoms with van der Waals surface area (Å²) in [7, 11) is 0. The SMILES string of the molecule is CC(C)(CNC(=O)c1ccc2ncccc2c1)C(=O)O. The lowest BCUT2D eigenvalue weighted by Crippen LogP contribution is -2.38. The van der Waals surface area contributed by atoms with Crippen LogP contribution in [-0.4, -0.2) is 28.5 Å². The molecule has 0 fully saturated rings. The minimum Gasteiger partial charge on any atom is -0.481 e. The Morgan fingerprint density at radius 3 is 2.75 bits per heavy atom. The first-order chi connectivity index (χ1) is 9.40. The number of aromatic nitrogens is 1. The van der Waals surface area contributed by atoms with Crippen LogP contribution in [0.1, 0.15) is 24.2 Å². The van der Waals surface area contributed by atoms with Crippen molar-refractivity contribution in [2.24, 2.45) is 5.41 Å². The summed E-state index contributed by atoms with van der Waals surface area (Å²) in [5.41, 5.74) is 0.315. The molecule has 1 heterocycles. The highest BCUT2D eigenvalue weighted by Crippen LogP contribution is 2.15. The van der Waals surface area contributed by atoms with E-state index >= 15 is 0 Å². The van der Waals surface area contributed by atoms with Gasteiger partial charge in [-0.2, -0.15) is 0 Å². The summed E-state index contributed by atoms with van der Waals surface area (Å²) in [6, 6.07) is 8.87. The van der Waals surface area contributed by atoms with Crippen molar-refractivity contribution in [1.29, 1.82) is 0 Å². The Morgan fingerprint density at radius 2 is 2.05 bits per heavy atom. The highest BCUT2D eigenvalue weighted by molar-refractivity contribution is 5.98. The van der Waals surface area contributed by atoms with E-state index in [1.807, 2.05) is 6.07 Å². The van der Waals surface area contributed by atoms with Gasteiger partial charge in [0.15, 0.2) is 0 Å². The van der Waals surface area contributed by atoms with Gasteiger partial charge in [-0.3, -0.25) is 14.6 Å². The Balaban J connectivity index is 2.14. The second kappa shape index (κ2) is 5.28. The summed E-state index contributed by atoms with van der Waals surface area (Å²) in [5, 5.41) is 12.5. The molecule has 2 N–H and O–H groups in total. The van der Waals surface area contributed by atoms with E-state index in [9.17, 15) is 9.59 Å². The monoisotopic (exact) mass is 272 g/mol. The molecular formula is C15H16N2O3. The number of nitrogens with zero attached hydrogens (tertiary/aromatic N) is 1. The van der Waals surface area contributed by atoms with Gasteiger partial charge >= 0.3 is 5.97 Å². The van der Waals surface area contributed by atoms with Gasteiger partial charge in [-0.25, -0.2) is 0 Å². The maximum absolute atomic E-state index is 12.0. The van der Waals surface area contributed by atoms with E-state index in [4.69, 9.17) is 5.11 Å². The lowest BCUT2D eigenvalue weighted by Gasteiger charge is -2.19. The first-order valence-corrected chi connectivity index (χ1v) is 6.26. The third-order valence-electron chi connectivity index (χ3n) is 3.14. The van der Waals surface area contributed by atoms with E-state index in [1.165, 1.54) is 0 Å². The standard InChI is InChI=1S/C15H16N2O3/c1-15(2,14(19)20)9-17-13(18)11-5-6-12-10(8-11)4-3-7-16-12/h3-8H,9H2,1-2H3,(H,17,18)(H,19,20). The largest absolute Gasteiger partial charge is 0.481 e. The Bertz CT molecular complexity index is 665. The number of rotatable bonds is 4. The number of carboxylic acids is 1. The third-order valence-corrected chi connectivity index (χ3v) is 3.14. The number of carbonyl (C=O) groups excluding carboxylic acids is 1. The van der Waals surface area contributed by atoms with Crippen molar-refractivity contribution in [2.45, 2.75) is 13.8 Å². The predicted molar refractivity (Wildman–Crippen MR) is 75.5 cm³/mol. The minimum absolute atomic E-state index is 0.0756. The van der Waals surface area contributed by atoms with E-state index in [0.29, 0.717) is 5.56 Å². The van der Waals surface area contributed by atoms with Crippen molar-refractivity contribution in [2.75, 3.05) is 6.54 Å². The van der Waals surface area contributed by atoms with Gasteiger partial charge in [-0.05, 0) is 38.1 Å². The average Bonchev–Trinajstić information content (AvgIpc) is 2.44.